The van der Waals surface area contributed by atoms with Gasteiger partial charge < -0.3 is 25.6 Å². The third-order valence-corrected chi connectivity index (χ3v) is 11.2. The van der Waals surface area contributed by atoms with Crippen LogP contribution in [0.2, 0.25) is 0 Å². The summed E-state index contributed by atoms with van der Waals surface area (Å²) in [4.78, 5) is 32.5. The molecule has 0 bridgehead atoms. The van der Waals surface area contributed by atoms with E-state index in [1.165, 1.54) is 103 Å². The predicted molar refractivity (Wildman–Crippen MR) is 172 cm³/mol. The fraction of sp³-hybridized carbons (Fsp3) is 0.788. The zero-order chi connectivity index (χ0) is 29.9. The number of rotatable bonds is 9. The quantitative estimate of drug-likeness (QED) is 0.210. The maximum atomic E-state index is 11.4. The van der Waals surface area contributed by atoms with Gasteiger partial charge in [-0.2, -0.15) is 9.98 Å². The average Bonchev–Trinajstić information content (AvgIpc) is 3.35. The van der Waals surface area contributed by atoms with Crippen molar-refractivity contribution in [3.05, 3.63) is 5.82 Å². The van der Waals surface area contributed by atoms with Crippen molar-refractivity contribution in [3.63, 3.8) is 0 Å². The lowest BCUT2D eigenvalue weighted by Crippen LogP contribution is -2.46. The van der Waals surface area contributed by atoms with Gasteiger partial charge in [0.1, 0.15) is 5.52 Å². The van der Waals surface area contributed by atoms with E-state index in [4.69, 9.17) is 20.7 Å². The van der Waals surface area contributed by atoms with Crippen molar-refractivity contribution in [3.8, 4) is 0 Å². The lowest BCUT2D eigenvalue weighted by Gasteiger charge is -2.43. The Morgan fingerprint density at radius 2 is 1.67 bits per heavy atom. The summed E-state index contributed by atoms with van der Waals surface area (Å²) in [5.74, 6) is 4.39. The van der Waals surface area contributed by atoms with Gasteiger partial charge in [0.2, 0.25) is 5.95 Å². The van der Waals surface area contributed by atoms with Crippen LogP contribution >= 0.6 is 0 Å². The number of amidine groups is 1. The van der Waals surface area contributed by atoms with Gasteiger partial charge in [0, 0.05) is 25.2 Å². The third kappa shape index (κ3) is 6.63. The lowest BCUT2D eigenvalue weighted by atomic mass is 9.80. The first-order valence-electron chi connectivity index (χ1n) is 17.3. The van der Waals surface area contributed by atoms with Gasteiger partial charge in [0.15, 0.2) is 23.1 Å². The molecule has 3 saturated carbocycles. The number of carbonyl (C=O) groups is 1. The van der Waals surface area contributed by atoms with Gasteiger partial charge in [-0.05, 0) is 88.4 Å². The number of hydrogen-bond acceptors (Lipinski definition) is 6. The van der Waals surface area contributed by atoms with Crippen LogP contribution in [0.5, 0.6) is 0 Å². The van der Waals surface area contributed by atoms with Crippen molar-refractivity contribution >= 4 is 34.9 Å². The Hall–Kier alpha value is -2.91. The van der Waals surface area contributed by atoms with Gasteiger partial charge >= 0.3 is 6.09 Å². The highest BCUT2D eigenvalue weighted by molar-refractivity contribution is 6.01. The fourth-order valence-corrected chi connectivity index (χ4v) is 8.35. The number of anilines is 2. The van der Waals surface area contributed by atoms with Crippen molar-refractivity contribution in [1.29, 1.82) is 0 Å². The first-order valence-corrected chi connectivity index (χ1v) is 17.3. The smallest absolute Gasteiger partial charge is 0.433 e. The van der Waals surface area contributed by atoms with Crippen LogP contribution in [0.1, 0.15) is 122 Å². The lowest BCUT2D eigenvalue weighted by molar-refractivity contribution is 0.205. The number of aliphatic imine (C=N–C) groups is 1. The second-order valence-electron chi connectivity index (χ2n) is 13.9. The first kappa shape index (κ1) is 30.1. The van der Waals surface area contributed by atoms with Gasteiger partial charge in [-0.15, -0.1) is 0 Å². The molecule has 3 aliphatic carbocycles. The molecular formula is C33H52N8O2. The van der Waals surface area contributed by atoms with Crippen molar-refractivity contribution in [1.82, 2.24) is 19.5 Å². The van der Waals surface area contributed by atoms with Crippen LogP contribution in [-0.2, 0) is 6.54 Å². The molecule has 1 unspecified atom stereocenters. The van der Waals surface area contributed by atoms with Crippen molar-refractivity contribution in [2.45, 2.75) is 135 Å². The fourth-order valence-electron chi connectivity index (χ4n) is 8.35. The summed E-state index contributed by atoms with van der Waals surface area (Å²) in [6.07, 6.45) is 19.0. The predicted octanol–water partition coefficient (Wildman–Crippen LogP) is 6.97. The number of imidazole rings is 1. The second-order valence-corrected chi connectivity index (χ2v) is 13.9. The van der Waals surface area contributed by atoms with Crippen LogP contribution in [0.4, 0.5) is 16.6 Å². The highest BCUT2D eigenvalue weighted by atomic mass is 16.4. The molecule has 1 aliphatic heterocycles. The highest BCUT2D eigenvalue weighted by Crippen LogP contribution is 2.40. The van der Waals surface area contributed by atoms with Crippen LogP contribution in [0.3, 0.4) is 0 Å². The minimum absolute atomic E-state index is 0.125. The SMILES string of the molecule is CCC1CCC(Cn2c(N3CCCCC3C3CCCCC3)nc3nc(/C(N)=N/C(=O)O)nc(N[C@H](C)C4CCC4)c32)CC1. The average molecular weight is 593 g/mol. The number of piperidine rings is 1. The zero-order valence-corrected chi connectivity index (χ0v) is 26.3. The minimum Gasteiger partial charge on any atom is -0.463 e. The molecular weight excluding hydrogens is 540 g/mol. The number of hydrogen-bond donors (Lipinski definition) is 3. The largest absolute Gasteiger partial charge is 0.463 e. The van der Waals surface area contributed by atoms with E-state index in [-0.39, 0.29) is 17.7 Å². The molecule has 10 nitrogen and oxygen atoms in total. The third-order valence-electron chi connectivity index (χ3n) is 11.2. The van der Waals surface area contributed by atoms with Gasteiger partial charge in [0.25, 0.3) is 0 Å². The van der Waals surface area contributed by atoms with Gasteiger partial charge in [-0.25, -0.2) is 14.8 Å². The zero-order valence-electron chi connectivity index (χ0n) is 26.3. The highest BCUT2D eigenvalue weighted by Gasteiger charge is 2.36. The molecule has 4 N–H and O–H groups in total. The molecule has 4 fully saturated rings. The monoisotopic (exact) mass is 592 g/mol. The maximum Gasteiger partial charge on any atom is 0.433 e. The minimum atomic E-state index is -1.35. The number of fused-ring (bicyclic) bond motifs is 1. The number of amides is 1. The van der Waals surface area contributed by atoms with Crippen molar-refractivity contribution < 1.29 is 9.90 Å². The van der Waals surface area contributed by atoms with Gasteiger partial charge in [-0.1, -0.05) is 51.9 Å². The van der Waals surface area contributed by atoms with E-state index in [0.29, 0.717) is 35.3 Å². The summed E-state index contributed by atoms with van der Waals surface area (Å²) in [7, 11) is 0. The Kier molecular flexibility index (Phi) is 9.38. The van der Waals surface area contributed by atoms with Crippen LogP contribution in [0.15, 0.2) is 4.99 Å². The van der Waals surface area contributed by atoms with Crippen LogP contribution in [0.25, 0.3) is 11.2 Å². The number of nitrogens with zero attached hydrogens (tertiary/aromatic N) is 6. The van der Waals surface area contributed by atoms with E-state index >= 15 is 0 Å². The molecule has 6 rings (SSSR count). The topological polar surface area (TPSA) is 135 Å². The molecule has 2 aromatic rings. The summed E-state index contributed by atoms with van der Waals surface area (Å²) in [6, 6.07) is 0.728. The molecule has 0 aromatic carbocycles. The van der Waals surface area contributed by atoms with E-state index in [0.717, 1.165) is 30.5 Å². The molecule has 0 radical (unpaired) electrons. The molecule has 1 amide bonds. The summed E-state index contributed by atoms with van der Waals surface area (Å²) in [5, 5.41) is 13.0. The number of nitrogens with two attached hydrogens (primary N) is 1. The van der Waals surface area contributed by atoms with E-state index in [2.05, 4.69) is 33.6 Å². The Bertz CT molecular complexity index is 1290. The number of aromatic nitrogens is 4. The van der Waals surface area contributed by atoms with Gasteiger partial charge in [-0.3, -0.25) is 0 Å². The van der Waals surface area contributed by atoms with Crippen LogP contribution in [-0.4, -0.2) is 55.2 Å². The normalized spacial score (nSPS) is 26.8. The summed E-state index contributed by atoms with van der Waals surface area (Å²) < 4.78 is 2.44. The molecule has 2 atom stereocenters. The van der Waals surface area contributed by atoms with E-state index in [9.17, 15) is 9.90 Å². The Labute approximate surface area is 256 Å². The molecule has 3 heterocycles. The Morgan fingerprint density at radius 1 is 0.953 bits per heavy atom. The van der Waals surface area contributed by atoms with E-state index < -0.39 is 6.09 Å². The molecule has 2 aromatic heterocycles. The summed E-state index contributed by atoms with van der Waals surface area (Å²) in [5.41, 5.74) is 7.65. The molecule has 1 saturated heterocycles. The summed E-state index contributed by atoms with van der Waals surface area (Å²) >= 11 is 0. The maximum absolute atomic E-state index is 11.4. The standard InChI is InChI=1S/C33H52N8O2/c1-3-22-15-17-23(18-16-22)20-41-27-29(35-21(2)24-12-9-13-24)37-31(28(34)36-33(42)43)38-30(27)39-32(41)40-19-8-7-14-26(40)25-10-5-4-6-11-25/h21-26H,3-20H2,1-2H3,(H2,34,36)(H,42,43)(H,35,37,38)/t21-,22?,23?,26?/m1/s1. The van der Waals surface area contributed by atoms with Crippen LogP contribution in [0, 0.1) is 23.7 Å². The van der Waals surface area contributed by atoms with Crippen molar-refractivity contribution in [2.75, 3.05) is 16.8 Å². The second kappa shape index (κ2) is 13.4. The summed E-state index contributed by atoms with van der Waals surface area (Å²) in [6.45, 7) is 6.47. The molecule has 4 aliphatic rings. The number of carboxylic acid groups (broad SMARTS) is 1. The van der Waals surface area contributed by atoms with Gasteiger partial charge in [0.05, 0.1) is 0 Å². The van der Waals surface area contributed by atoms with E-state index in [1.807, 2.05) is 0 Å². The molecule has 43 heavy (non-hydrogen) atoms. The Balaban J connectivity index is 1.46. The number of nitrogens with one attached hydrogen (secondary N) is 1. The van der Waals surface area contributed by atoms with E-state index in [1.54, 1.807) is 0 Å². The first-order chi connectivity index (χ1) is 20.9. The van der Waals surface area contributed by atoms with Crippen LogP contribution < -0.4 is 16.0 Å². The Morgan fingerprint density at radius 3 is 2.35 bits per heavy atom. The molecule has 10 heteroatoms. The molecule has 236 valence electrons. The molecule has 0 spiro atoms. The van der Waals surface area contributed by atoms with Crippen molar-refractivity contribution in [2.24, 2.45) is 34.4 Å².